The highest BCUT2D eigenvalue weighted by Gasteiger charge is 2.23. The van der Waals surface area contributed by atoms with Crippen LogP contribution < -0.4 is 4.90 Å². The molecule has 0 saturated heterocycles. The molecule has 0 aliphatic heterocycles. The van der Waals surface area contributed by atoms with Crippen LogP contribution in [0.15, 0.2) is 18.2 Å². The average molecular weight is 224 g/mol. The van der Waals surface area contributed by atoms with E-state index in [0.29, 0.717) is 10.6 Å². The van der Waals surface area contributed by atoms with Crippen molar-refractivity contribution in [2.45, 2.75) is 12.8 Å². The normalized spacial score (nSPS) is 15.1. The summed E-state index contributed by atoms with van der Waals surface area (Å²) in [6.45, 7) is 1.03. The summed E-state index contributed by atoms with van der Waals surface area (Å²) in [5, 5.41) is 0.612. The lowest BCUT2D eigenvalue weighted by Crippen LogP contribution is -2.21. The number of halogens is 1. The number of carbonyl (C=O) groups is 1. The van der Waals surface area contributed by atoms with Crippen LogP contribution >= 0.6 is 11.6 Å². The molecule has 2 nitrogen and oxygen atoms in total. The maximum Gasteiger partial charge on any atom is 0.152 e. The summed E-state index contributed by atoms with van der Waals surface area (Å²) in [5.74, 6) is 0.810. The molecule has 0 heterocycles. The number of benzene rings is 1. The fraction of sp³-hybridized carbons (Fsp3) is 0.417. The predicted octanol–water partition coefficient (Wildman–Crippen LogP) is 3.00. The minimum absolute atomic E-state index is 0.612. The fourth-order valence-electron chi connectivity index (χ4n) is 1.75. The van der Waals surface area contributed by atoms with Crippen molar-refractivity contribution in [3.8, 4) is 0 Å². The van der Waals surface area contributed by atoms with E-state index in [1.807, 2.05) is 19.2 Å². The quantitative estimate of drug-likeness (QED) is 0.732. The SMILES string of the molecule is CN(CC1CC1)c1ccc(Cl)cc1C=O. The van der Waals surface area contributed by atoms with Crippen molar-refractivity contribution in [2.75, 3.05) is 18.5 Å². The van der Waals surface area contributed by atoms with Gasteiger partial charge in [0.1, 0.15) is 0 Å². The first-order valence-electron chi connectivity index (χ1n) is 5.16. The van der Waals surface area contributed by atoms with Gasteiger partial charge in [-0.15, -0.1) is 0 Å². The minimum atomic E-state index is 0.612. The Kier molecular flexibility index (Phi) is 2.96. The van der Waals surface area contributed by atoms with E-state index in [9.17, 15) is 4.79 Å². The van der Waals surface area contributed by atoms with E-state index >= 15 is 0 Å². The fourth-order valence-corrected chi connectivity index (χ4v) is 1.93. The number of anilines is 1. The van der Waals surface area contributed by atoms with Gasteiger partial charge in [-0.05, 0) is 37.0 Å². The van der Waals surface area contributed by atoms with Crippen LogP contribution in [0.2, 0.25) is 5.02 Å². The predicted molar refractivity (Wildman–Crippen MR) is 62.8 cm³/mol. The molecule has 1 fully saturated rings. The monoisotopic (exact) mass is 223 g/mol. The number of rotatable bonds is 4. The van der Waals surface area contributed by atoms with Gasteiger partial charge in [-0.3, -0.25) is 4.79 Å². The van der Waals surface area contributed by atoms with Gasteiger partial charge in [0.2, 0.25) is 0 Å². The Morgan fingerprint density at radius 1 is 1.53 bits per heavy atom. The lowest BCUT2D eigenvalue weighted by molar-refractivity contribution is 0.112. The molecule has 3 heteroatoms. The van der Waals surface area contributed by atoms with E-state index in [1.54, 1.807) is 6.07 Å². The Hall–Kier alpha value is -1.02. The largest absolute Gasteiger partial charge is 0.374 e. The van der Waals surface area contributed by atoms with E-state index in [4.69, 9.17) is 11.6 Å². The second kappa shape index (κ2) is 4.23. The van der Waals surface area contributed by atoms with Crippen molar-refractivity contribution < 1.29 is 4.79 Å². The van der Waals surface area contributed by atoms with E-state index in [-0.39, 0.29) is 0 Å². The van der Waals surface area contributed by atoms with Crippen LogP contribution in [0.3, 0.4) is 0 Å². The molecule has 0 atom stereocenters. The maximum absolute atomic E-state index is 10.9. The molecule has 1 aliphatic carbocycles. The van der Waals surface area contributed by atoms with Crippen LogP contribution in [0, 0.1) is 5.92 Å². The number of aldehydes is 1. The van der Waals surface area contributed by atoms with Crippen LogP contribution in [0.4, 0.5) is 5.69 Å². The summed E-state index contributed by atoms with van der Waals surface area (Å²) < 4.78 is 0. The average Bonchev–Trinajstić information content (AvgIpc) is 3.01. The van der Waals surface area contributed by atoms with E-state index in [1.165, 1.54) is 12.8 Å². The first-order valence-corrected chi connectivity index (χ1v) is 5.54. The zero-order valence-electron chi connectivity index (χ0n) is 8.74. The van der Waals surface area contributed by atoms with Crippen LogP contribution in [0.1, 0.15) is 23.2 Å². The molecular formula is C12H14ClNO. The van der Waals surface area contributed by atoms with Crippen LogP contribution in [0.25, 0.3) is 0 Å². The molecule has 0 spiro atoms. The lowest BCUT2D eigenvalue weighted by atomic mass is 10.1. The zero-order chi connectivity index (χ0) is 10.8. The standard InChI is InChI=1S/C12H14ClNO/c1-14(7-9-2-3-9)12-5-4-11(13)6-10(12)8-15/h4-6,8-9H,2-3,7H2,1H3. The third kappa shape index (κ3) is 2.51. The molecule has 0 radical (unpaired) electrons. The van der Waals surface area contributed by atoms with Crippen molar-refractivity contribution in [3.05, 3.63) is 28.8 Å². The van der Waals surface area contributed by atoms with E-state index < -0.39 is 0 Å². The third-order valence-electron chi connectivity index (χ3n) is 2.76. The molecule has 0 amide bonds. The van der Waals surface area contributed by atoms with Crippen LogP contribution in [0.5, 0.6) is 0 Å². The second-order valence-corrected chi connectivity index (χ2v) is 4.58. The number of nitrogens with zero attached hydrogens (tertiary/aromatic N) is 1. The molecule has 80 valence electrons. The number of hydrogen-bond acceptors (Lipinski definition) is 2. The number of carbonyl (C=O) groups excluding carboxylic acids is 1. The summed E-state index contributed by atoms with van der Waals surface area (Å²) in [6.07, 6.45) is 3.49. The molecule has 0 bridgehead atoms. The first-order chi connectivity index (χ1) is 7.20. The second-order valence-electron chi connectivity index (χ2n) is 4.14. The molecule has 0 unspecified atom stereocenters. The van der Waals surface area contributed by atoms with Crippen molar-refractivity contribution in [1.82, 2.24) is 0 Å². The van der Waals surface area contributed by atoms with Gasteiger partial charge >= 0.3 is 0 Å². The minimum Gasteiger partial charge on any atom is -0.374 e. The Balaban J connectivity index is 2.20. The number of hydrogen-bond donors (Lipinski definition) is 0. The van der Waals surface area contributed by atoms with Crippen molar-refractivity contribution in [1.29, 1.82) is 0 Å². The Bertz CT molecular complexity index is 374. The van der Waals surface area contributed by atoms with Gasteiger partial charge < -0.3 is 4.90 Å². The van der Waals surface area contributed by atoms with Gasteiger partial charge in [0.05, 0.1) is 0 Å². The van der Waals surface area contributed by atoms with Crippen molar-refractivity contribution in [2.24, 2.45) is 5.92 Å². The summed E-state index contributed by atoms with van der Waals surface area (Å²) in [4.78, 5) is 13.0. The Morgan fingerprint density at radius 3 is 2.87 bits per heavy atom. The molecule has 0 aromatic heterocycles. The van der Waals surface area contributed by atoms with Gasteiger partial charge in [0.25, 0.3) is 0 Å². The molecular weight excluding hydrogens is 210 g/mol. The Morgan fingerprint density at radius 2 is 2.27 bits per heavy atom. The van der Waals surface area contributed by atoms with Crippen LogP contribution in [-0.4, -0.2) is 19.9 Å². The highest BCUT2D eigenvalue weighted by Crippen LogP contribution is 2.32. The zero-order valence-corrected chi connectivity index (χ0v) is 9.50. The van der Waals surface area contributed by atoms with Gasteiger partial charge in [0, 0.05) is 29.9 Å². The summed E-state index contributed by atoms with van der Waals surface area (Å²) in [6, 6.07) is 5.45. The molecule has 1 saturated carbocycles. The maximum atomic E-state index is 10.9. The topological polar surface area (TPSA) is 20.3 Å². The highest BCUT2D eigenvalue weighted by atomic mass is 35.5. The highest BCUT2D eigenvalue weighted by molar-refractivity contribution is 6.31. The molecule has 1 aromatic carbocycles. The summed E-state index contributed by atoms with van der Waals surface area (Å²) in [7, 11) is 2.02. The van der Waals surface area contributed by atoms with E-state index in [2.05, 4.69) is 4.90 Å². The molecule has 15 heavy (non-hydrogen) atoms. The van der Waals surface area contributed by atoms with Crippen molar-refractivity contribution >= 4 is 23.6 Å². The summed E-state index contributed by atoms with van der Waals surface area (Å²) in [5.41, 5.74) is 1.65. The molecule has 2 rings (SSSR count). The summed E-state index contributed by atoms with van der Waals surface area (Å²) >= 11 is 5.84. The van der Waals surface area contributed by atoms with Crippen molar-refractivity contribution in [3.63, 3.8) is 0 Å². The third-order valence-corrected chi connectivity index (χ3v) is 2.99. The molecule has 1 aliphatic rings. The smallest absolute Gasteiger partial charge is 0.152 e. The first kappa shape index (κ1) is 10.5. The Labute approximate surface area is 94.8 Å². The van der Waals surface area contributed by atoms with Gasteiger partial charge in [-0.25, -0.2) is 0 Å². The van der Waals surface area contributed by atoms with E-state index in [0.717, 1.165) is 24.4 Å². The van der Waals surface area contributed by atoms with Gasteiger partial charge in [0.15, 0.2) is 6.29 Å². The molecule has 1 aromatic rings. The van der Waals surface area contributed by atoms with Crippen LogP contribution in [-0.2, 0) is 0 Å². The lowest BCUT2D eigenvalue weighted by Gasteiger charge is -2.20. The van der Waals surface area contributed by atoms with Gasteiger partial charge in [-0.2, -0.15) is 0 Å². The van der Waals surface area contributed by atoms with Gasteiger partial charge in [-0.1, -0.05) is 11.6 Å². The molecule has 0 N–H and O–H groups in total.